The second-order valence-corrected chi connectivity index (χ2v) is 7.36. The second-order valence-electron chi connectivity index (χ2n) is 5.62. The van der Waals surface area contributed by atoms with Crippen LogP contribution in [0.1, 0.15) is 43.5 Å². The van der Waals surface area contributed by atoms with Crippen molar-refractivity contribution in [2.45, 2.75) is 44.0 Å². The van der Waals surface area contributed by atoms with Crippen LogP contribution in [0.2, 0.25) is 0 Å². The molecule has 7 nitrogen and oxygen atoms in total. The van der Waals surface area contributed by atoms with Gasteiger partial charge in [0.05, 0.1) is 17.9 Å². The summed E-state index contributed by atoms with van der Waals surface area (Å²) < 4.78 is 32.7. The van der Waals surface area contributed by atoms with Gasteiger partial charge in [0.15, 0.2) is 0 Å². The summed E-state index contributed by atoms with van der Waals surface area (Å²) in [4.78, 5) is 11.1. The first-order valence-corrected chi connectivity index (χ1v) is 9.42. The molecule has 0 fully saturated rings. The van der Waals surface area contributed by atoms with Crippen molar-refractivity contribution in [3.05, 3.63) is 23.8 Å². The van der Waals surface area contributed by atoms with Gasteiger partial charge in [0.1, 0.15) is 4.90 Å². The highest BCUT2D eigenvalue weighted by Crippen LogP contribution is 2.24. The van der Waals surface area contributed by atoms with E-state index in [-0.39, 0.29) is 16.5 Å². The standard InChI is InChI=1S/C16H26N2O5S/c1-4-5-6-9-17-24(21,22)15-10-13(16(19)20)7-8-14(15)18-12(2)11-23-3/h7-8,10,12,17-18H,4-6,9,11H2,1-3H3,(H,19,20)/t12-/m1/s1. The highest BCUT2D eigenvalue weighted by Gasteiger charge is 2.21. The molecule has 0 aromatic heterocycles. The predicted octanol–water partition coefficient (Wildman–Crippen LogP) is 2.30. The number of hydrogen-bond acceptors (Lipinski definition) is 5. The molecule has 0 spiro atoms. The van der Waals surface area contributed by atoms with Gasteiger partial charge in [-0.1, -0.05) is 19.8 Å². The van der Waals surface area contributed by atoms with Crippen LogP contribution < -0.4 is 10.0 Å². The lowest BCUT2D eigenvalue weighted by atomic mass is 10.2. The van der Waals surface area contributed by atoms with Crippen LogP contribution in [0.25, 0.3) is 0 Å². The number of anilines is 1. The van der Waals surface area contributed by atoms with Gasteiger partial charge in [-0.25, -0.2) is 17.9 Å². The zero-order valence-electron chi connectivity index (χ0n) is 14.3. The maximum atomic E-state index is 12.6. The first kappa shape index (κ1) is 20.4. The van der Waals surface area contributed by atoms with Gasteiger partial charge in [-0.15, -0.1) is 0 Å². The van der Waals surface area contributed by atoms with Gasteiger partial charge in [0, 0.05) is 19.7 Å². The fourth-order valence-electron chi connectivity index (χ4n) is 2.21. The molecule has 0 bridgehead atoms. The first-order chi connectivity index (χ1) is 11.3. The average Bonchev–Trinajstić information content (AvgIpc) is 2.52. The number of carboxylic acid groups (broad SMARTS) is 1. The molecular formula is C16H26N2O5S. The van der Waals surface area contributed by atoms with E-state index in [2.05, 4.69) is 10.0 Å². The lowest BCUT2D eigenvalue weighted by molar-refractivity contribution is 0.0696. The summed E-state index contributed by atoms with van der Waals surface area (Å²) >= 11 is 0. The molecule has 1 aromatic carbocycles. The van der Waals surface area contributed by atoms with Crippen LogP contribution >= 0.6 is 0 Å². The third-order valence-corrected chi connectivity index (χ3v) is 4.91. The van der Waals surface area contributed by atoms with E-state index >= 15 is 0 Å². The van der Waals surface area contributed by atoms with Gasteiger partial charge in [-0.3, -0.25) is 0 Å². The van der Waals surface area contributed by atoms with Gasteiger partial charge in [-0.2, -0.15) is 0 Å². The molecular weight excluding hydrogens is 332 g/mol. The summed E-state index contributed by atoms with van der Waals surface area (Å²) in [5, 5.41) is 12.2. The number of carbonyl (C=O) groups is 1. The summed E-state index contributed by atoms with van der Waals surface area (Å²) in [6.45, 7) is 4.59. The van der Waals surface area contributed by atoms with Gasteiger partial charge in [0.2, 0.25) is 10.0 Å². The maximum Gasteiger partial charge on any atom is 0.335 e. The zero-order valence-corrected chi connectivity index (χ0v) is 15.1. The lowest BCUT2D eigenvalue weighted by Gasteiger charge is -2.18. The van der Waals surface area contributed by atoms with E-state index in [0.29, 0.717) is 18.8 Å². The Labute approximate surface area is 143 Å². The topological polar surface area (TPSA) is 105 Å². The highest BCUT2D eigenvalue weighted by atomic mass is 32.2. The summed E-state index contributed by atoms with van der Waals surface area (Å²) in [5.41, 5.74) is 0.279. The van der Waals surface area contributed by atoms with E-state index in [9.17, 15) is 13.2 Å². The van der Waals surface area contributed by atoms with Crippen molar-refractivity contribution in [1.29, 1.82) is 0 Å². The summed E-state index contributed by atoms with van der Waals surface area (Å²) in [6.07, 6.45) is 2.64. The van der Waals surface area contributed by atoms with Crippen LogP contribution in [-0.2, 0) is 14.8 Å². The van der Waals surface area contributed by atoms with Crippen molar-refractivity contribution in [2.24, 2.45) is 0 Å². The molecule has 0 saturated heterocycles. The molecule has 1 atom stereocenters. The number of benzene rings is 1. The molecule has 1 aromatic rings. The fraction of sp³-hybridized carbons (Fsp3) is 0.562. The van der Waals surface area contributed by atoms with Crippen molar-refractivity contribution in [3.63, 3.8) is 0 Å². The van der Waals surface area contributed by atoms with Crippen molar-refractivity contribution in [2.75, 3.05) is 25.6 Å². The third-order valence-electron chi connectivity index (χ3n) is 3.41. The molecule has 1 rings (SSSR count). The molecule has 0 saturated carbocycles. The number of aromatic carboxylic acids is 1. The largest absolute Gasteiger partial charge is 0.478 e. The highest BCUT2D eigenvalue weighted by molar-refractivity contribution is 7.89. The van der Waals surface area contributed by atoms with Gasteiger partial charge in [0.25, 0.3) is 0 Å². The molecule has 0 aliphatic heterocycles. The average molecular weight is 358 g/mol. The quantitative estimate of drug-likeness (QED) is 0.524. The van der Waals surface area contributed by atoms with Crippen LogP contribution in [-0.4, -0.2) is 45.8 Å². The van der Waals surface area contributed by atoms with Crippen LogP contribution in [0, 0.1) is 0 Å². The number of sulfonamides is 1. The molecule has 0 amide bonds. The number of carboxylic acids is 1. The van der Waals surface area contributed by atoms with Gasteiger partial charge >= 0.3 is 5.97 Å². The predicted molar refractivity (Wildman–Crippen MR) is 93.1 cm³/mol. The van der Waals surface area contributed by atoms with Crippen LogP contribution in [0.15, 0.2) is 23.1 Å². The third kappa shape index (κ3) is 6.10. The maximum absolute atomic E-state index is 12.6. The Morgan fingerprint density at radius 3 is 2.62 bits per heavy atom. The Bertz CT molecular complexity index is 646. The SMILES string of the molecule is CCCCCNS(=O)(=O)c1cc(C(=O)O)ccc1N[C@H](C)COC. The summed E-state index contributed by atoms with van der Waals surface area (Å²) in [6, 6.07) is 3.89. The van der Waals surface area contributed by atoms with E-state index in [1.807, 2.05) is 13.8 Å². The van der Waals surface area contributed by atoms with Crippen molar-refractivity contribution in [1.82, 2.24) is 4.72 Å². The van der Waals surface area contributed by atoms with E-state index < -0.39 is 16.0 Å². The Kier molecular flexibility index (Phi) is 8.17. The van der Waals surface area contributed by atoms with Crippen molar-refractivity contribution >= 4 is 21.7 Å². The minimum absolute atomic E-state index is 0.0677. The second kappa shape index (κ2) is 9.61. The molecule has 136 valence electrons. The number of rotatable bonds is 11. The van der Waals surface area contributed by atoms with Gasteiger partial charge < -0.3 is 15.2 Å². The molecule has 0 aliphatic carbocycles. The normalized spacial score (nSPS) is 12.8. The van der Waals surface area contributed by atoms with E-state index in [1.165, 1.54) is 18.2 Å². The number of methoxy groups -OCH3 is 1. The summed E-state index contributed by atoms with van der Waals surface area (Å²) in [5.74, 6) is -1.17. The Morgan fingerprint density at radius 2 is 2.04 bits per heavy atom. The Morgan fingerprint density at radius 1 is 1.33 bits per heavy atom. The molecule has 0 aliphatic rings. The van der Waals surface area contributed by atoms with Gasteiger partial charge in [-0.05, 0) is 31.5 Å². The summed E-state index contributed by atoms with van der Waals surface area (Å²) in [7, 11) is -2.25. The minimum atomic E-state index is -3.80. The molecule has 0 unspecified atom stereocenters. The Hall–Kier alpha value is -1.64. The molecule has 3 N–H and O–H groups in total. The zero-order chi connectivity index (χ0) is 18.2. The van der Waals surface area contributed by atoms with E-state index in [4.69, 9.17) is 9.84 Å². The fourth-order valence-corrected chi connectivity index (χ4v) is 3.48. The van der Waals surface area contributed by atoms with E-state index in [0.717, 1.165) is 19.3 Å². The number of unbranched alkanes of at least 4 members (excludes halogenated alkanes) is 2. The van der Waals surface area contributed by atoms with E-state index in [1.54, 1.807) is 7.11 Å². The number of ether oxygens (including phenoxy) is 1. The number of nitrogens with one attached hydrogen (secondary N) is 2. The monoisotopic (exact) mass is 358 g/mol. The molecule has 0 heterocycles. The number of hydrogen-bond donors (Lipinski definition) is 3. The van der Waals surface area contributed by atoms with Crippen LogP contribution in [0.4, 0.5) is 5.69 Å². The van der Waals surface area contributed by atoms with Crippen molar-refractivity contribution in [3.8, 4) is 0 Å². The van der Waals surface area contributed by atoms with Crippen LogP contribution in [0.5, 0.6) is 0 Å². The lowest BCUT2D eigenvalue weighted by Crippen LogP contribution is -2.28. The Balaban J connectivity index is 3.10. The molecule has 8 heteroatoms. The minimum Gasteiger partial charge on any atom is -0.478 e. The first-order valence-electron chi connectivity index (χ1n) is 7.94. The molecule has 0 radical (unpaired) electrons. The molecule has 24 heavy (non-hydrogen) atoms. The smallest absolute Gasteiger partial charge is 0.335 e. The van der Waals surface area contributed by atoms with Crippen LogP contribution in [0.3, 0.4) is 0 Å². The van der Waals surface area contributed by atoms with Crippen molar-refractivity contribution < 1.29 is 23.1 Å².